The van der Waals surface area contributed by atoms with Crippen molar-refractivity contribution < 1.29 is 0 Å². The van der Waals surface area contributed by atoms with E-state index in [0.717, 1.165) is 39.6 Å². The molecule has 0 amide bonds. The van der Waals surface area contributed by atoms with Gasteiger partial charge in [-0.05, 0) is 63.4 Å². The first-order chi connectivity index (χ1) is 26.3. The van der Waals surface area contributed by atoms with Gasteiger partial charge in [-0.25, -0.2) is 9.97 Å². The second kappa shape index (κ2) is 12.9. The normalized spacial score (nSPS) is 11.4. The molecule has 0 bridgehead atoms. The summed E-state index contributed by atoms with van der Waals surface area (Å²) in [6, 6.07) is 71.0. The summed E-state index contributed by atoms with van der Waals surface area (Å²) in [6.45, 7) is 0. The number of benzene rings is 8. The van der Waals surface area contributed by atoms with Crippen molar-refractivity contribution in [2.45, 2.75) is 0 Å². The molecular weight excluding hydrogens is 643 g/mol. The Morgan fingerprint density at radius 3 is 1.23 bits per heavy atom. The van der Waals surface area contributed by atoms with E-state index in [9.17, 15) is 0 Å². The number of fused-ring (bicyclic) bond motifs is 4. The summed E-state index contributed by atoms with van der Waals surface area (Å²) in [6.07, 6.45) is 0. The smallest absolute Gasteiger partial charge is 0.160 e. The van der Waals surface area contributed by atoms with Crippen molar-refractivity contribution in [3.63, 3.8) is 0 Å². The zero-order chi connectivity index (χ0) is 35.1. The zero-order valence-electron chi connectivity index (χ0n) is 28.9. The van der Waals surface area contributed by atoms with Gasteiger partial charge in [0, 0.05) is 33.2 Å². The lowest BCUT2D eigenvalue weighted by Gasteiger charge is -2.14. The summed E-state index contributed by atoms with van der Waals surface area (Å²) in [5.74, 6) is 0.718. The third kappa shape index (κ3) is 5.47. The van der Waals surface area contributed by atoms with E-state index in [0.29, 0.717) is 0 Å². The molecule has 3 nitrogen and oxygen atoms in total. The van der Waals surface area contributed by atoms with Crippen LogP contribution in [0.15, 0.2) is 200 Å². The fourth-order valence-corrected chi connectivity index (χ4v) is 7.68. The molecule has 0 fully saturated rings. The highest BCUT2D eigenvalue weighted by atomic mass is 15.0. The second-order valence-electron chi connectivity index (χ2n) is 13.4. The minimum absolute atomic E-state index is 0.718. The van der Waals surface area contributed by atoms with Gasteiger partial charge in [0.1, 0.15) is 0 Å². The third-order valence-electron chi connectivity index (χ3n) is 10.3. The van der Waals surface area contributed by atoms with Crippen LogP contribution in [0.1, 0.15) is 0 Å². The molecule has 2 heterocycles. The van der Waals surface area contributed by atoms with Gasteiger partial charge in [-0.2, -0.15) is 0 Å². The number of hydrogen-bond donors (Lipinski definition) is 0. The molecule has 0 saturated carbocycles. The highest BCUT2D eigenvalue weighted by molar-refractivity contribution is 6.09. The molecule has 3 heteroatoms. The molecule has 248 valence electrons. The predicted octanol–water partition coefficient (Wildman–Crippen LogP) is 13.1. The van der Waals surface area contributed by atoms with E-state index in [1.807, 2.05) is 36.4 Å². The number of nitrogens with zero attached hydrogens (tertiary/aromatic N) is 3. The molecule has 0 saturated heterocycles. The Hall–Kier alpha value is -7.10. The van der Waals surface area contributed by atoms with E-state index in [2.05, 4.69) is 168 Å². The molecule has 0 aliphatic carbocycles. The van der Waals surface area contributed by atoms with Gasteiger partial charge in [-0.15, -0.1) is 0 Å². The molecule has 0 unspecified atom stereocenters. The zero-order valence-corrected chi connectivity index (χ0v) is 28.9. The number of rotatable bonds is 6. The van der Waals surface area contributed by atoms with Crippen LogP contribution >= 0.6 is 0 Å². The Morgan fingerprint density at radius 2 is 0.698 bits per heavy atom. The molecule has 53 heavy (non-hydrogen) atoms. The molecule has 2 aromatic heterocycles. The van der Waals surface area contributed by atoms with Gasteiger partial charge in [0.25, 0.3) is 0 Å². The minimum Gasteiger partial charge on any atom is -0.309 e. The van der Waals surface area contributed by atoms with Crippen LogP contribution in [-0.4, -0.2) is 14.5 Å². The quantitative estimate of drug-likeness (QED) is 0.176. The Bertz CT molecular complexity index is 2800. The van der Waals surface area contributed by atoms with E-state index in [1.165, 1.54) is 54.8 Å². The lowest BCUT2D eigenvalue weighted by atomic mass is 9.91. The van der Waals surface area contributed by atoms with Gasteiger partial charge in [0.2, 0.25) is 0 Å². The standard InChI is InChI=1S/C50H33N3/c1-3-13-36(14-4-1)46-33-47(52-50(51-46)38-15-5-2-6-16-38)37-25-23-34(24-26-37)40-31-32-41(43-18-8-7-17-42(40)43)35-27-29-39(30-28-35)53-48-21-11-9-19-44(48)45-20-10-12-22-49(45)53/h1-33H. The first kappa shape index (κ1) is 30.7. The van der Waals surface area contributed by atoms with Crippen LogP contribution in [0.25, 0.3) is 94.4 Å². The first-order valence-corrected chi connectivity index (χ1v) is 18.0. The van der Waals surface area contributed by atoms with Crippen LogP contribution in [0, 0.1) is 0 Å². The maximum Gasteiger partial charge on any atom is 0.160 e. The van der Waals surface area contributed by atoms with E-state index < -0.39 is 0 Å². The first-order valence-electron chi connectivity index (χ1n) is 18.0. The molecule has 0 N–H and O–H groups in total. The van der Waals surface area contributed by atoms with E-state index >= 15 is 0 Å². The average Bonchev–Trinajstić information content (AvgIpc) is 3.58. The molecule has 0 aliphatic heterocycles. The number of aromatic nitrogens is 3. The van der Waals surface area contributed by atoms with E-state index in [4.69, 9.17) is 9.97 Å². The van der Waals surface area contributed by atoms with Gasteiger partial charge in [0.15, 0.2) is 5.82 Å². The summed E-state index contributed by atoms with van der Waals surface area (Å²) >= 11 is 0. The molecule has 10 aromatic rings. The van der Waals surface area contributed by atoms with E-state index in [1.54, 1.807) is 0 Å². The second-order valence-corrected chi connectivity index (χ2v) is 13.4. The van der Waals surface area contributed by atoms with Crippen LogP contribution in [0.2, 0.25) is 0 Å². The number of para-hydroxylation sites is 2. The van der Waals surface area contributed by atoms with Crippen molar-refractivity contribution in [2.75, 3.05) is 0 Å². The lowest BCUT2D eigenvalue weighted by molar-refractivity contribution is 1.18. The molecule has 0 aliphatic rings. The minimum atomic E-state index is 0.718. The van der Waals surface area contributed by atoms with Crippen LogP contribution in [0.3, 0.4) is 0 Å². The highest BCUT2D eigenvalue weighted by Gasteiger charge is 2.15. The summed E-state index contributed by atoms with van der Waals surface area (Å²) in [5.41, 5.74) is 13.3. The van der Waals surface area contributed by atoms with Gasteiger partial charge in [-0.1, -0.05) is 170 Å². The molecule has 0 radical (unpaired) electrons. The van der Waals surface area contributed by atoms with Crippen molar-refractivity contribution >= 4 is 32.6 Å². The molecular formula is C50H33N3. The monoisotopic (exact) mass is 675 g/mol. The van der Waals surface area contributed by atoms with Crippen molar-refractivity contribution in [3.8, 4) is 61.8 Å². The predicted molar refractivity (Wildman–Crippen MR) is 221 cm³/mol. The van der Waals surface area contributed by atoms with Gasteiger partial charge < -0.3 is 4.57 Å². The highest BCUT2D eigenvalue weighted by Crippen LogP contribution is 2.38. The van der Waals surface area contributed by atoms with Crippen LogP contribution in [0.4, 0.5) is 0 Å². The van der Waals surface area contributed by atoms with Gasteiger partial charge in [-0.3, -0.25) is 0 Å². The van der Waals surface area contributed by atoms with Crippen molar-refractivity contribution in [2.24, 2.45) is 0 Å². The van der Waals surface area contributed by atoms with E-state index in [-0.39, 0.29) is 0 Å². The Kier molecular flexibility index (Phi) is 7.47. The summed E-state index contributed by atoms with van der Waals surface area (Å²) in [4.78, 5) is 10.00. The SMILES string of the molecule is c1ccc(-c2cc(-c3ccc(-c4ccc(-c5ccc(-n6c7ccccc7c7ccccc76)cc5)c5ccccc45)cc3)nc(-c3ccccc3)n2)cc1. The van der Waals surface area contributed by atoms with Crippen molar-refractivity contribution in [1.29, 1.82) is 0 Å². The van der Waals surface area contributed by atoms with Crippen LogP contribution in [0.5, 0.6) is 0 Å². The van der Waals surface area contributed by atoms with Gasteiger partial charge >= 0.3 is 0 Å². The topological polar surface area (TPSA) is 30.7 Å². The lowest BCUT2D eigenvalue weighted by Crippen LogP contribution is -1.95. The summed E-state index contributed by atoms with van der Waals surface area (Å²) in [5, 5.41) is 5.00. The van der Waals surface area contributed by atoms with Gasteiger partial charge in [0.05, 0.1) is 22.4 Å². The Labute approximate surface area is 308 Å². The van der Waals surface area contributed by atoms with Crippen molar-refractivity contribution in [3.05, 3.63) is 200 Å². The molecule has 0 spiro atoms. The average molecular weight is 676 g/mol. The fourth-order valence-electron chi connectivity index (χ4n) is 7.68. The Morgan fingerprint density at radius 1 is 0.302 bits per heavy atom. The molecule has 10 rings (SSSR count). The van der Waals surface area contributed by atoms with Crippen molar-refractivity contribution in [1.82, 2.24) is 14.5 Å². The maximum absolute atomic E-state index is 5.04. The summed E-state index contributed by atoms with van der Waals surface area (Å²) in [7, 11) is 0. The fraction of sp³-hybridized carbons (Fsp3) is 0. The maximum atomic E-state index is 5.04. The third-order valence-corrected chi connectivity index (χ3v) is 10.3. The van der Waals surface area contributed by atoms with Crippen LogP contribution in [-0.2, 0) is 0 Å². The largest absolute Gasteiger partial charge is 0.309 e. The molecule has 0 atom stereocenters. The molecule has 8 aromatic carbocycles. The Balaban J connectivity index is 1.01. The summed E-state index contributed by atoms with van der Waals surface area (Å²) < 4.78 is 2.37. The van der Waals surface area contributed by atoms with Crippen LogP contribution < -0.4 is 0 Å². The number of hydrogen-bond acceptors (Lipinski definition) is 2.